The van der Waals surface area contributed by atoms with Gasteiger partial charge in [-0.3, -0.25) is 0 Å². The zero-order valence-corrected chi connectivity index (χ0v) is 13.0. The third kappa shape index (κ3) is 3.63. The number of aliphatic hydroxyl groups excluding tert-OH is 2. The van der Waals surface area contributed by atoms with Crippen LogP contribution in [0.5, 0.6) is 0 Å². The molecule has 126 valence electrons. The average molecular weight is 322 g/mol. The molecule has 6 heteroatoms. The Balaban J connectivity index is 1.67. The highest BCUT2D eigenvalue weighted by atomic mass is 16.8. The van der Waals surface area contributed by atoms with Gasteiger partial charge in [0.15, 0.2) is 12.6 Å². The zero-order valence-electron chi connectivity index (χ0n) is 13.0. The molecule has 6 atom stereocenters. The Morgan fingerprint density at radius 2 is 1.96 bits per heavy atom. The van der Waals surface area contributed by atoms with Crippen LogP contribution >= 0.6 is 0 Å². The fraction of sp³-hybridized carbons (Fsp3) is 0.529. The maximum absolute atomic E-state index is 10.4. The highest BCUT2D eigenvalue weighted by Gasteiger charge is 2.49. The second-order valence-electron chi connectivity index (χ2n) is 5.97. The van der Waals surface area contributed by atoms with Crippen molar-refractivity contribution in [1.82, 2.24) is 0 Å². The summed E-state index contributed by atoms with van der Waals surface area (Å²) >= 11 is 0. The molecular weight excluding hydrogens is 300 g/mol. The first-order valence-electron chi connectivity index (χ1n) is 7.66. The molecule has 1 unspecified atom stereocenters. The van der Waals surface area contributed by atoms with Gasteiger partial charge >= 0.3 is 0 Å². The van der Waals surface area contributed by atoms with E-state index in [4.69, 9.17) is 18.9 Å². The van der Waals surface area contributed by atoms with Gasteiger partial charge in [0.2, 0.25) is 0 Å². The lowest BCUT2D eigenvalue weighted by atomic mass is 9.98. The molecule has 1 aromatic carbocycles. The van der Waals surface area contributed by atoms with Crippen LogP contribution in [0.3, 0.4) is 0 Å². The van der Waals surface area contributed by atoms with Crippen molar-refractivity contribution in [2.75, 3.05) is 13.2 Å². The molecule has 0 amide bonds. The molecule has 2 aliphatic heterocycles. The summed E-state index contributed by atoms with van der Waals surface area (Å²) < 4.78 is 22.6. The van der Waals surface area contributed by atoms with Crippen LogP contribution in [0.25, 0.3) is 0 Å². The largest absolute Gasteiger partial charge is 0.387 e. The molecule has 2 fully saturated rings. The van der Waals surface area contributed by atoms with Crippen molar-refractivity contribution < 1.29 is 29.2 Å². The summed E-state index contributed by atoms with van der Waals surface area (Å²) in [6, 6.07) is 9.45. The Bertz CT molecular complexity index is 531. The molecule has 0 spiro atoms. The summed E-state index contributed by atoms with van der Waals surface area (Å²) in [6.07, 6.45) is -4.99. The van der Waals surface area contributed by atoms with Gasteiger partial charge in [0.25, 0.3) is 0 Å². The first-order valence-corrected chi connectivity index (χ1v) is 7.66. The highest BCUT2D eigenvalue weighted by Crippen LogP contribution is 2.34. The van der Waals surface area contributed by atoms with E-state index in [2.05, 4.69) is 6.58 Å². The van der Waals surface area contributed by atoms with Gasteiger partial charge in [0.05, 0.1) is 13.2 Å². The highest BCUT2D eigenvalue weighted by molar-refractivity contribution is 5.16. The lowest BCUT2D eigenvalue weighted by molar-refractivity contribution is -0.360. The standard InChI is InChI=1S/C17H22O6/c1-10(2)8-20-17-14(19)13(18)15-12(22-17)9-21-16(23-15)11-6-4-3-5-7-11/h3-7,12-19H,1,8-9H2,2H3/t12-,13-,14-,15-,16?,17-/m1/s1. The van der Waals surface area contributed by atoms with Gasteiger partial charge in [0, 0.05) is 5.56 Å². The molecule has 0 radical (unpaired) electrons. The second kappa shape index (κ2) is 7.09. The summed E-state index contributed by atoms with van der Waals surface area (Å²) in [5, 5.41) is 20.6. The van der Waals surface area contributed by atoms with Crippen molar-refractivity contribution in [2.45, 2.75) is 43.9 Å². The summed E-state index contributed by atoms with van der Waals surface area (Å²) in [5.74, 6) is 0. The zero-order chi connectivity index (χ0) is 16.4. The van der Waals surface area contributed by atoms with Crippen molar-refractivity contribution in [1.29, 1.82) is 0 Å². The van der Waals surface area contributed by atoms with Crippen LogP contribution in [0, 0.1) is 0 Å². The van der Waals surface area contributed by atoms with Crippen molar-refractivity contribution in [3.05, 3.63) is 48.0 Å². The van der Waals surface area contributed by atoms with Gasteiger partial charge < -0.3 is 29.2 Å². The molecule has 2 N–H and O–H groups in total. The topological polar surface area (TPSA) is 77.4 Å². The minimum Gasteiger partial charge on any atom is -0.387 e. The van der Waals surface area contributed by atoms with E-state index >= 15 is 0 Å². The van der Waals surface area contributed by atoms with Crippen molar-refractivity contribution >= 4 is 0 Å². The fourth-order valence-electron chi connectivity index (χ4n) is 2.72. The summed E-state index contributed by atoms with van der Waals surface area (Å²) in [4.78, 5) is 0. The maximum atomic E-state index is 10.4. The fourth-order valence-corrected chi connectivity index (χ4v) is 2.72. The average Bonchev–Trinajstić information content (AvgIpc) is 2.57. The van der Waals surface area contributed by atoms with Gasteiger partial charge in [-0.25, -0.2) is 0 Å². The van der Waals surface area contributed by atoms with E-state index in [1.807, 2.05) is 37.3 Å². The van der Waals surface area contributed by atoms with E-state index in [1.165, 1.54) is 0 Å². The Kier molecular flexibility index (Phi) is 5.11. The van der Waals surface area contributed by atoms with E-state index in [9.17, 15) is 10.2 Å². The molecular formula is C17H22O6. The van der Waals surface area contributed by atoms with E-state index < -0.39 is 37.0 Å². The molecule has 3 rings (SSSR count). The summed E-state index contributed by atoms with van der Waals surface area (Å²) in [6.45, 7) is 6.05. The molecule has 0 aromatic heterocycles. The van der Waals surface area contributed by atoms with Gasteiger partial charge in [0.1, 0.15) is 24.4 Å². The van der Waals surface area contributed by atoms with Crippen LogP contribution in [0.4, 0.5) is 0 Å². The summed E-state index contributed by atoms with van der Waals surface area (Å²) in [7, 11) is 0. The van der Waals surface area contributed by atoms with Crippen LogP contribution in [0.2, 0.25) is 0 Å². The first kappa shape index (κ1) is 16.6. The number of aliphatic hydroxyl groups is 2. The van der Waals surface area contributed by atoms with Gasteiger partial charge in [-0.15, -0.1) is 0 Å². The van der Waals surface area contributed by atoms with Crippen molar-refractivity contribution in [3.8, 4) is 0 Å². The smallest absolute Gasteiger partial charge is 0.187 e. The lowest BCUT2D eigenvalue weighted by Gasteiger charge is -2.46. The SMILES string of the molecule is C=C(C)CO[C@@H]1O[C@@H]2COC(c3ccccc3)O[C@H]2[C@H](O)[C@H]1O. The number of hydrogen-bond donors (Lipinski definition) is 2. The van der Waals surface area contributed by atoms with Crippen molar-refractivity contribution in [3.63, 3.8) is 0 Å². The predicted molar refractivity (Wildman–Crippen MR) is 81.4 cm³/mol. The Morgan fingerprint density at radius 1 is 1.22 bits per heavy atom. The lowest BCUT2D eigenvalue weighted by Crippen LogP contribution is -2.62. The van der Waals surface area contributed by atoms with Gasteiger partial charge in [-0.1, -0.05) is 42.5 Å². The van der Waals surface area contributed by atoms with Gasteiger partial charge in [-0.2, -0.15) is 0 Å². The molecule has 0 bridgehead atoms. The molecule has 2 aliphatic rings. The normalized spacial score (nSPS) is 37.2. The molecule has 0 saturated carbocycles. The third-order valence-corrected chi connectivity index (χ3v) is 3.90. The van der Waals surface area contributed by atoms with E-state index in [1.54, 1.807) is 0 Å². The number of benzene rings is 1. The third-order valence-electron chi connectivity index (χ3n) is 3.90. The molecule has 2 saturated heterocycles. The minimum absolute atomic E-state index is 0.250. The summed E-state index contributed by atoms with van der Waals surface area (Å²) in [5.41, 5.74) is 1.66. The molecule has 0 aliphatic carbocycles. The molecule has 23 heavy (non-hydrogen) atoms. The Morgan fingerprint density at radius 3 is 2.65 bits per heavy atom. The number of rotatable bonds is 4. The Hall–Kier alpha value is -1.28. The molecule has 2 heterocycles. The monoisotopic (exact) mass is 322 g/mol. The molecule has 6 nitrogen and oxygen atoms in total. The van der Waals surface area contributed by atoms with E-state index in [0.29, 0.717) is 0 Å². The Labute approximate surface area is 135 Å². The van der Waals surface area contributed by atoms with Crippen molar-refractivity contribution in [2.24, 2.45) is 0 Å². The predicted octanol–water partition coefficient (Wildman–Crippen LogP) is 1.14. The number of fused-ring (bicyclic) bond motifs is 1. The number of hydrogen-bond acceptors (Lipinski definition) is 6. The van der Waals surface area contributed by atoms with Gasteiger partial charge in [-0.05, 0) is 6.92 Å². The quantitative estimate of drug-likeness (QED) is 0.810. The van der Waals surface area contributed by atoms with E-state index in [0.717, 1.165) is 11.1 Å². The van der Waals surface area contributed by atoms with E-state index in [-0.39, 0.29) is 13.2 Å². The van der Waals surface area contributed by atoms with Crippen LogP contribution in [0.15, 0.2) is 42.5 Å². The number of ether oxygens (including phenoxy) is 4. The molecule has 1 aromatic rings. The van der Waals surface area contributed by atoms with Crippen LogP contribution in [0.1, 0.15) is 18.8 Å². The first-order chi connectivity index (χ1) is 11.1. The van der Waals surface area contributed by atoms with Crippen LogP contribution in [-0.2, 0) is 18.9 Å². The van der Waals surface area contributed by atoms with Crippen LogP contribution < -0.4 is 0 Å². The van der Waals surface area contributed by atoms with Crippen LogP contribution in [-0.4, -0.2) is 54.1 Å². The second-order valence-corrected chi connectivity index (χ2v) is 5.97. The maximum Gasteiger partial charge on any atom is 0.187 e. The minimum atomic E-state index is -1.19.